The summed E-state index contributed by atoms with van der Waals surface area (Å²) >= 11 is 0. The molecule has 1 heterocycles. The highest BCUT2D eigenvalue weighted by Gasteiger charge is 2.04. The molecule has 114 valence electrons. The number of aliphatic hydroxyl groups is 1. The molecule has 5 heteroatoms. The molecule has 1 aliphatic carbocycles. The lowest BCUT2D eigenvalue weighted by Crippen LogP contribution is -2.30. The maximum atomic E-state index is 12.6. The molecule has 5 nitrogen and oxygen atoms in total. The van der Waals surface area contributed by atoms with Gasteiger partial charge in [0.2, 0.25) is 5.43 Å². The first kappa shape index (κ1) is 14.6. The highest BCUT2D eigenvalue weighted by Crippen LogP contribution is 2.06. The molecule has 1 aromatic rings. The molecule has 3 N–H and O–H groups in total. The number of H-pyrrole nitrogens is 1. The summed E-state index contributed by atoms with van der Waals surface area (Å²) in [5, 5.41) is 20.5. The third-order valence-corrected chi connectivity index (χ3v) is 3.48. The van der Waals surface area contributed by atoms with Gasteiger partial charge in [-0.2, -0.15) is 0 Å². The molecule has 0 bridgehead atoms. The summed E-state index contributed by atoms with van der Waals surface area (Å²) in [6.07, 6.45) is 0.978. The molecule has 0 saturated carbocycles. The zero-order valence-electron chi connectivity index (χ0n) is 12.0. The van der Waals surface area contributed by atoms with Gasteiger partial charge in [-0.05, 0) is 12.1 Å². The minimum atomic E-state index is -1.11. The molecule has 0 spiro atoms. The second-order valence-corrected chi connectivity index (χ2v) is 5.02. The summed E-state index contributed by atoms with van der Waals surface area (Å²) in [7, 11) is 0. The molecule has 0 radical (unpaired) electrons. The van der Waals surface area contributed by atoms with Crippen LogP contribution < -0.4 is 16.0 Å². The lowest BCUT2D eigenvalue weighted by molar-refractivity contribution is -0.129. The van der Waals surface area contributed by atoms with E-state index in [1.165, 1.54) is 0 Å². The third kappa shape index (κ3) is 2.85. The topological polar surface area (TPSA) is 90.4 Å². The van der Waals surface area contributed by atoms with Crippen LogP contribution in [0.1, 0.15) is 5.56 Å². The Hall–Kier alpha value is -3.34. The summed E-state index contributed by atoms with van der Waals surface area (Å²) in [6, 6.07) is 15.3. The number of aliphatic carboxylic acids is 1. The number of benzene rings is 1. The van der Waals surface area contributed by atoms with Crippen molar-refractivity contribution < 1.29 is 15.0 Å². The van der Waals surface area contributed by atoms with E-state index in [4.69, 9.17) is 5.11 Å². The number of hydrogen-bond donors (Lipinski definition) is 3. The quantitative estimate of drug-likeness (QED) is 0.649. The highest BCUT2D eigenvalue weighted by atomic mass is 16.4. The smallest absolute Gasteiger partial charge is 0.330 e. The molecule has 0 unspecified atom stereocenters. The average molecular weight is 307 g/mol. The normalized spacial score (nSPS) is 13.1. The van der Waals surface area contributed by atoms with E-state index < -0.39 is 5.97 Å². The number of carbonyl (C=O) groups is 1. The Morgan fingerprint density at radius 2 is 1.65 bits per heavy atom. The molecular formula is C18H13NO4. The first-order valence-corrected chi connectivity index (χ1v) is 6.91. The van der Waals surface area contributed by atoms with Crippen molar-refractivity contribution in [2.75, 3.05) is 0 Å². The molecule has 0 fully saturated rings. The van der Waals surface area contributed by atoms with Crippen LogP contribution in [0.15, 0.2) is 59.4 Å². The molecule has 0 atom stereocenters. The van der Waals surface area contributed by atoms with Crippen molar-refractivity contribution in [3.63, 3.8) is 0 Å². The molecular weight excluding hydrogens is 294 g/mol. The number of carboxylic acid groups (broad SMARTS) is 1. The van der Waals surface area contributed by atoms with Crippen LogP contribution >= 0.6 is 0 Å². The molecule has 0 aromatic heterocycles. The Balaban J connectivity index is 2.38. The predicted octanol–water partition coefficient (Wildman–Crippen LogP) is 0.679. The van der Waals surface area contributed by atoms with Gasteiger partial charge in [0, 0.05) is 22.2 Å². The van der Waals surface area contributed by atoms with E-state index in [9.17, 15) is 14.7 Å². The number of rotatable bonds is 2. The van der Waals surface area contributed by atoms with Gasteiger partial charge < -0.3 is 15.2 Å². The molecule has 2 aliphatic rings. The zero-order chi connectivity index (χ0) is 16.4. The lowest BCUT2D eigenvalue weighted by Gasteiger charge is -2.00. The molecule has 1 aromatic carbocycles. The molecule has 0 amide bonds. The minimum absolute atomic E-state index is 0.112. The predicted molar refractivity (Wildman–Crippen MR) is 85.3 cm³/mol. The van der Waals surface area contributed by atoms with Crippen LogP contribution in [0.3, 0.4) is 0 Å². The molecule has 1 aliphatic heterocycles. The standard InChI is InChI=1S/C18H13NO4/c20-15(21)10-13-8-6-11-7-9-14(18(23)16(11)19-13)17(22)12-4-2-1-3-5-12/h1-10,19,22H,(H,20,21)/b13-10-,17-14-. The van der Waals surface area contributed by atoms with Gasteiger partial charge >= 0.3 is 5.97 Å². The maximum Gasteiger partial charge on any atom is 0.330 e. The Labute approximate surface area is 130 Å². The van der Waals surface area contributed by atoms with E-state index in [0.717, 1.165) is 6.08 Å². The van der Waals surface area contributed by atoms with Gasteiger partial charge in [-0.3, -0.25) is 4.79 Å². The van der Waals surface area contributed by atoms with Gasteiger partial charge in [0.1, 0.15) is 5.76 Å². The van der Waals surface area contributed by atoms with E-state index in [-0.39, 0.29) is 21.8 Å². The Bertz CT molecular complexity index is 1110. The van der Waals surface area contributed by atoms with Crippen LogP contribution in [0.2, 0.25) is 0 Å². The van der Waals surface area contributed by atoms with Crippen LogP contribution in [-0.4, -0.2) is 21.2 Å². The van der Waals surface area contributed by atoms with Crippen LogP contribution in [-0.2, 0) is 4.79 Å². The van der Waals surface area contributed by atoms with Gasteiger partial charge in [-0.25, -0.2) is 4.79 Å². The summed E-state index contributed by atoms with van der Waals surface area (Å²) in [5.41, 5.74) is 0.154. The number of carboxylic acids is 1. The molecule has 3 rings (SSSR count). The number of hydrogen-bond acceptors (Lipinski definition) is 3. The van der Waals surface area contributed by atoms with Crippen molar-refractivity contribution in [2.45, 2.75) is 0 Å². The van der Waals surface area contributed by atoms with Crippen LogP contribution in [0.25, 0.3) is 11.8 Å². The van der Waals surface area contributed by atoms with E-state index in [0.29, 0.717) is 16.1 Å². The van der Waals surface area contributed by atoms with Crippen molar-refractivity contribution in [3.8, 4) is 0 Å². The number of aliphatic hydroxyl groups excluding tert-OH is 1. The zero-order valence-corrected chi connectivity index (χ0v) is 12.0. The summed E-state index contributed by atoms with van der Waals surface area (Å²) in [6.45, 7) is 0. The third-order valence-electron chi connectivity index (χ3n) is 3.48. The fourth-order valence-corrected chi connectivity index (χ4v) is 2.39. The van der Waals surface area contributed by atoms with E-state index >= 15 is 0 Å². The van der Waals surface area contributed by atoms with Gasteiger partial charge in [0.25, 0.3) is 0 Å². The largest absolute Gasteiger partial charge is 0.507 e. The number of nitrogens with one attached hydrogen (secondary N) is 1. The van der Waals surface area contributed by atoms with Crippen LogP contribution in [0, 0.1) is 10.6 Å². The fourth-order valence-electron chi connectivity index (χ4n) is 2.39. The van der Waals surface area contributed by atoms with Crippen molar-refractivity contribution in [1.29, 1.82) is 0 Å². The van der Waals surface area contributed by atoms with Gasteiger partial charge in [0.15, 0.2) is 0 Å². The SMILES string of the molecule is O=C(O)/C=c1/ccc2cc/c(=C(/O)c3ccccc3)c(=O)c=2[nH]1. The van der Waals surface area contributed by atoms with Crippen molar-refractivity contribution in [3.05, 3.63) is 91.5 Å². The lowest BCUT2D eigenvalue weighted by atomic mass is 10.1. The fraction of sp³-hybridized carbons (Fsp3) is 0. The second kappa shape index (κ2) is 5.81. The number of aromatic nitrogens is 1. The van der Waals surface area contributed by atoms with E-state index in [2.05, 4.69) is 4.98 Å². The number of aromatic amines is 1. The highest BCUT2D eigenvalue weighted by molar-refractivity contribution is 5.97. The monoisotopic (exact) mass is 307 g/mol. The van der Waals surface area contributed by atoms with Gasteiger partial charge in [0.05, 0.1) is 10.6 Å². The first-order chi connectivity index (χ1) is 11.1. The summed E-state index contributed by atoms with van der Waals surface area (Å²) in [5.74, 6) is -1.22. The Kier molecular flexibility index (Phi) is 3.68. The average Bonchev–Trinajstić information content (AvgIpc) is 2.55. The van der Waals surface area contributed by atoms with Crippen molar-refractivity contribution >= 4 is 17.8 Å². The Morgan fingerprint density at radius 3 is 2.35 bits per heavy atom. The van der Waals surface area contributed by atoms with Crippen molar-refractivity contribution in [1.82, 2.24) is 4.98 Å². The first-order valence-electron chi connectivity index (χ1n) is 6.91. The summed E-state index contributed by atoms with van der Waals surface area (Å²) in [4.78, 5) is 26.2. The second-order valence-electron chi connectivity index (χ2n) is 5.02. The van der Waals surface area contributed by atoms with Crippen LogP contribution in [0.5, 0.6) is 0 Å². The molecule has 23 heavy (non-hydrogen) atoms. The molecule has 0 saturated heterocycles. The maximum absolute atomic E-state index is 12.6. The van der Waals surface area contributed by atoms with Gasteiger partial charge in [-0.15, -0.1) is 0 Å². The van der Waals surface area contributed by atoms with Gasteiger partial charge in [-0.1, -0.05) is 42.5 Å². The van der Waals surface area contributed by atoms with Crippen LogP contribution in [0.4, 0.5) is 0 Å². The van der Waals surface area contributed by atoms with E-state index in [1.807, 2.05) is 6.07 Å². The minimum Gasteiger partial charge on any atom is -0.507 e. The van der Waals surface area contributed by atoms with E-state index in [1.54, 1.807) is 48.5 Å². The van der Waals surface area contributed by atoms with Crippen molar-refractivity contribution in [2.24, 2.45) is 0 Å². The Morgan fingerprint density at radius 1 is 0.957 bits per heavy atom. The summed E-state index contributed by atoms with van der Waals surface area (Å²) < 4.78 is 0.